The largest absolute Gasteiger partial charge is 0.357 e. The second-order valence-electron chi connectivity index (χ2n) is 7.21. The van der Waals surface area contributed by atoms with Crippen LogP contribution in [0.25, 0.3) is 0 Å². The van der Waals surface area contributed by atoms with Gasteiger partial charge in [-0.3, -0.25) is 4.99 Å². The zero-order valence-corrected chi connectivity index (χ0v) is 20.4. The average Bonchev–Trinajstić information content (AvgIpc) is 2.66. The van der Waals surface area contributed by atoms with E-state index in [0.29, 0.717) is 10.8 Å². The highest BCUT2D eigenvalue weighted by atomic mass is 127. The Kier molecular flexibility index (Phi) is 11.4. The minimum Gasteiger partial charge on any atom is -0.357 e. The quantitative estimate of drug-likeness (QED) is 0.312. The Morgan fingerprint density at radius 3 is 2.54 bits per heavy atom. The third-order valence-corrected chi connectivity index (χ3v) is 6.09. The summed E-state index contributed by atoms with van der Waals surface area (Å²) in [5, 5.41) is 6.69. The van der Waals surface area contributed by atoms with E-state index in [9.17, 15) is 8.42 Å². The van der Waals surface area contributed by atoms with Crippen molar-refractivity contribution in [2.45, 2.75) is 38.0 Å². The van der Waals surface area contributed by atoms with Crippen LogP contribution in [0.5, 0.6) is 0 Å². The Labute approximate surface area is 187 Å². The molecule has 1 atom stereocenters. The van der Waals surface area contributed by atoms with Gasteiger partial charge in [0.25, 0.3) is 0 Å². The smallest absolute Gasteiger partial charge is 0.191 e. The molecule has 0 radical (unpaired) electrons. The van der Waals surface area contributed by atoms with E-state index in [4.69, 9.17) is 4.99 Å². The number of guanidine groups is 1. The number of likely N-dealkylation sites (tertiary alicyclic amines) is 1. The summed E-state index contributed by atoms with van der Waals surface area (Å²) >= 11 is 0. The van der Waals surface area contributed by atoms with Crippen LogP contribution in [-0.4, -0.2) is 64.8 Å². The number of sulfone groups is 1. The van der Waals surface area contributed by atoms with Crippen LogP contribution in [0.4, 0.5) is 0 Å². The molecule has 160 valence electrons. The fraction of sp³-hybridized carbons (Fsp3) is 0.650. The number of benzene rings is 1. The second kappa shape index (κ2) is 12.6. The maximum atomic E-state index is 11.5. The summed E-state index contributed by atoms with van der Waals surface area (Å²) < 4.78 is 23.0. The molecule has 1 aliphatic rings. The lowest BCUT2D eigenvalue weighted by atomic mass is 9.98. The van der Waals surface area contributed by atoms with Crippen LogP contribution in [0, 0.1) is 5.92 Å². The van der Waals surface area contributed by atoms with E-state index in [1.165, 1.54) is 25.6 Å². The highest BCUT2D eigenvalue weighted by Crippen LogP contribution is 2.16. The van der Waals surface area contributed by atoms with E-state index in [1.54, 1.807) is 12.1 Å². The molecule has 1 aromatic carbocycles. The molecule has 0 saturated carbocycles. The normalized spacial score (nSPS) is 18.4. The fourth-order valence-electron chi connectivity index (χ4n) is 3.38. The molecule has 0 spiro atoms. The van der Waals surface area contributed by atoms with E-state index in [1.807, 2.05) is 12.1 Å². The van der Waals surface area contributed by atoms with Gasteiger partial charge in [0.05, 0.1) is 4.90 Å². The zero-order chi connectivity index (χ0) is 19.7. The molecule has 6 nitrogen and oxygen atoms in total. The predicted octanol–water partition coefficient (Wildman–Crippen LogP) is 2.54. The highest BCUT2D eigenvalue weighted by Gasteiger charge is 2.18. The molecule has 1 saturated heterocycles. The molecular formula is C20H35IN4O2S. The Morgan fingerprint density at radius 1 is 1.21 bits per heavy atom. The topological polar surface area (TPSA) is 73.8 Å². The molecule has 1 aromatic rings. The van der Waals surface area contributed by atoms with Gasteiger partial charge in [-0.1, -0.05) is 19.1 Å². The third-order valence-electron chi connectivity index (χ3n) is 4.96. The van der Waals surface area contributed by atoms with Crippen molar-refractivity contribution in [3.8, 4) is 0 Å². The number of rotatable bonds is 8. The highest BCUT2D eigenvalue weighted by molar-refractivity contribution is 14.0. The summed E-state index contributed by atoms with van der Waals surface area (Å²) in [6, 6.07) is 7.10. The molecule has 0 aliphatic carbocycles. The van der Waals surface area contributed by atoms with Crippen molar-refractivity contribution in [1.29, 1.82) is 0 Å². The van der Waals surface area contributed by atoms with Gasteiger partial charge >= 0.3 is 0 Å². The van der Waals surface area contributed by atoms with E-state index < -0.39 is 9.84 Å². The van der Waals surface area contributed by atoms with E-state index in [0.717, 1.165) is 50.7 Å². The number of hydrogen-bond donors (Lipinski definition) is 2. The lowest BCUT2D eigenvalue weighted by molar-refractivity contribution is 0.186. The van der Waals surface area contributed by atoms with Gasteiger partial charge in [0.1, 0.15) is 0 Å². The summed E-state index contributed by atoms with van der Waals surface area (Å²) in [6.07, 6.45) is 4.57. The summed E-state index contributed by atoms with van der Waals surface area (Å²) in [7, 11) is -3.13. The van der Waals surface area contributed by atoms with Crippen LogP contribution in [0.1, 0.15) is 32.3 Å². The lowest BCUT2D eigenvalue weighted by Crippen LogP contribution is -2.40. The van der Waals surface area contributed by atoms with E-state index >= 15 is 0 Å². The first kappa shape index (κ1) is 25.2. The lowest BCUT2D eigenvalue weighted by Gasteiger charge is -2.31. The Hall–Kier alpha value is -0.870. The molecule has 2 N–H and O–H groups in total. The molecule has 1 aliphatic heterocycles. The van der Waals surface area contributed by atoms with Crippen molar-refractivity contribution in [1.82, 2.24) is 15.5 Å². The van der Waals surface area contributed by atoms with E-state index in [-0.39, 0.29) is 24.0 Å². The van der Waals surface area contributed by atoms with Crippen LogP contribution >= 0.6 is 24.0 Å². The van der Waals surface area contributed by atoms with Gasteiger partial charge in [0.15, 0.2) is 15.8 Å². The molecule has 1 fully saturated rings. The van der Waals surface area contributed by atoms with Crippen LogP contribution in [0.15, 0.2) is 34.2 Å². The molecule has 8 heteroatoms. The number of aliphatic imine (C=N–C) groups is 1. The molecule has 0 aromatic heterocycles. The molecular weight excluding hydrogens is 487 g/mol. The van der Waals surface area contributed by atoms with Gasteiger partial charge in [0.2, 0.25) is 0 Å². The second-order valence-corrected chi connectivity index (χ2v) is 9.23. The maximum absolute atomic E-state index is 11.5. The number of nitrogens with zero attached hydrogens (tertiary/aromatic N) is 2. The van der Waals surface area contributed by atoms with E-state index in [2.05, 4.69) is 29.4 Å². The zero-order valence-electron chi connectivity index (χ0n) is 17.3. The van der Waals surface area contributed by atoms with Gasteiger partial charge in [-0.25, -0.2) is 8.42 Å². The monoisotopic (exact) mass is 522 g/mol. The predicted molar refractivity (Wildman–Crippen MR) is 127 cm³/mol. The maximum Gasteiger partial charge on any atom is 0.191 e. The number of nitrogens with one attached hydrogen (secondary N) is 2. The van der Waals surface area contributed by atoms with Crippen LogP contribution < -0.4 is 10.6 Å². The Bertz CT molecular complexity index is 707. The van der Waals surface area contributed by atoms with Crippen molar-refractivity contribution >= 4 is 39.8 Å². The van der Waals surface area contributed by atoms with Gasteiger partial charge in [-0.05, 0) is 62.9 Å². The van der Waals surface area contributed by atoms with Crippen LogP contribution in [0.3, 0.4) is 0 Å². The SMILES string of the molecule is CCNC(=NCC1CCCN(CC)C1)NCCc1ccc(S(C)(=O)=O)cc1.I. The van der Waals surface area contributed by atoms with Crippen molar-refractivity contribution in [3.63, 3.8) is 0 Å². The molecule has 0 amide bonds. The third kappa shape index (κ3) is 8.65. The number of halogens is 1. The molecule has 2 rings (SSSR count). The first-order chi connectivity index (χ1) is 12.9. The minimum atomic E-state index is -3.13. The summed E-state index contributed by atoms with van der Waals surface area (Å²) in [4.78, 5) is 7.64. The van der Waals surface area contributed by atoms with Gasteiger partial charge < -0.3 is 15.5 Å². The number of piperidine rings is 1. The Morgan fingerprint density at radius 2 is 1.93 bits per heavy atom. The summed E-state index contributed by atoms with van der Waals surface area (Å²) in [6.45, 7) is 10.2. The first-order valence-corrected chi connectivity index (χ1v) is 11.8. The van der Waals surface area contributed by atoms with Crippen molar-refractivity contribution in [3.05, 3.63) is 29.8 Å². The van der Waals surface area contributed by atoms with Crippen LogP contribution in [-0.2, 0) is 16.3 Å². The summed E-state index contributed by atoms with van der Waals surface area (Å²) in [5.74, 6) is 1.50. The Balaban J connectivity index is 0.00000392. The fourth-order valence-corrected chi connectivity index (χ4v) is 4.01. The van der Waals surface area contributed by atoms with Crippen molar-refractivity contribution in [2.24, 2.45) is 10.9 Å². The number of hydrogen-bond acceptors (Lipinski definition) is 4. The standard InChI is InChI=1S/C20H34N4O2S.HI/c1-4-21-20(23-15-18-7-6-14-24(5-2)16-18)22-13-12-17-8-10-19(11-9-17)27(3,25)26;/h8-11,18H,4-7,12-16H2,1-3H3,(H2,21,22,23);1H. The minimum absolute atomic E-state index is 0. The average molecular weight is 522 g/mol. The molecule has 1 unspecified atom stereocenters. The van der Waals surface area contributed by atoms with Crippen molar-refractivity contribution < 1.29 is 8.42 Å². The van der Waals surface area contributed by atoms with Gasteiger partial charge in [-0.2, -0.15) is 0 Å². The van der Waals surface area contributed by atoms with Gasteiger partial charge in [0, 0.05) is 32.4 Å². The first-order valence-electron chi connectivity index (χ1n) is 9.96. The molecule has 1 heterocycles. The van der Waals surface area contributed by atoms with Crippen molar-refractivity contribution in [2.75, 3.05) is 45.5 Å². The van der Waals surface area contributed by atoms with Gasteiger partial charge in [-0.15, -0.1) is 24.0 Å². The molecule has 28 heavy (non-hydrogen) atoms. The molecule has 0 bridgehead atoms. The van der Waals surface area contributed by atoms with Crippen LogP contribution in [0.2, 0.25) is 0 Å². The summed E-state index contributed by atoms with van der Waals surface area (Å²) in [5.41, 5.74) is 1.11.